The smallest absolute Gasteiger partial charge is 0.0780 e. The summed E-state index contributed by atoms with van der Waals surface area (Å²) in [5.41, 5.74) is 0. The fourth-order valence-electron chi connectivity index (χ4n) is 4.73. The third kappa shape index (κ3) is 32.4. The lowest BCUT2D eigenvalue weighted by Gasteiger charge is -2.23. The zero-order valence-corrected chi connectivity index (χ0v) is 24.0. The maximum absolute atomic E-state index is 2.30. The number of unbranched alkanes of at least 4 members (excludes halogenated alkanes) is 24. The Morgan fingerprint density at radius 1 is 0.312 bits per heavy atom. The first-order valence-corrected chi connectivity index (χ1v) is 14.9. The van der Waals surface area contributed by atoms with Crippen LogP contribution < -0.4 is 12.4 Å². The van der Waals surface area contributed by atoms with Gasteiger partial charge in [0.2, 0.25) is 0 Å². The highest BCUT2D eigenvalue weighted by Crippen LogP contribution is 2.15. The second kappa shape index (κ2) is 27.5. The zero-order chi connectivity index (χ0) is 22.9. The number of rotatable bonds is 26. The van der Waals surface area contributed by atoms with E-state index in [2.05, 4.69) is 28.1 Å². The molecular weight excluding hydrogens is 410 g/mol. The minimum atomic E-state index is 0. The van der Waals surface area contributed by atoms with E-state index in [0.717, 1.165) is 4.48 Å². The minimum Gasteiger partial charge on any atom is -1.00 e. The van der Waals surface area contributed by atoms with Gasteiger partial charge in [0.1, 0.15) is 0 Å². The standard InChI is InChI=1S/C30H64N.ClH/c1-5-6-7-8-9-10-11-12-13-14-15-16-17-18-19-20-21-22-23-24-25-26-27-28-29-30-31(2,3)4;/h5-30H2,1-4H3;1H/q+1;/p-1. The van der Waals surface area contributed by atoms with Gasteiger partial charge in [-0.05, 0) is 12.8 Å². The first-order valence-electron chi connectivity index (χ1n) is 14.9. The third-order valence-electron chi connectivity index (χ3n) is 6.93. The van der Waals surface area contributed by atoms with Gasteiger partial charge in [-0.3, -0.25) is 0 Å². The summed E-state index contributed by atoms with van der Waals surface area (Å²) in [6.45, 7) is 3.64. The fraction of sp³-hybridized carbons (Fsp3) is 1.00. The molecule has 0 aliphatic heterocycles. The maximum Gasteiger partial charge on any atom is 0.0780 e. The minimum absolute atomic E-state index is 0. The predicted octanol–water partition coefficient (Wildman–Crippen LogP) is 7.47. The summed E-state index contributed by atoms with van der Waals surface area (Å²) >= 11 is 0. The average Bonchev–Trinajstić information content (AvgIpc) is 2.73. The normalized spacial score (nSPS) is 11.6. The Bertz CT molecular complexity index is 323. The Balaban J connectivity index is 0. The lowest BCUT2D eigenvalue weighted by atomic mass is 10.0. The second-order valence-corrected chi connectivity index (χ2v) is 11.5. The van der Waals surface area contributed by atoms with Crippen LogP contribution in [0.2, 0.25) is 0 Å². The monoisotopic (exact) mass is 473 g/mol. The topological polar surface area (TPSA) is 0 Å². The maximum atomic E-state index is 2.30. The molecule has 0 aromatic carbocycles. The van der Waals surface area contributed by atoms with Gasteiger partial charge in [0.05, 0.1) is 27.7 Å². The van der Waals surface area contributed by atoms with Crippen molar-refractivity contribution in [3.8, 4) is 0 Å². The number of hydrogen-bond acceptors (Lipinski definition) is 0. The van der Waals surface area contributed by atoms with Gasteiger partial charge >= 0.3 is 0 Å². The van der Waals surface area contributed by atoms with Crippen LogP contribution in [0.4, 0.5) is 0 Å². The summed E-state index contributed by atoms with van der Waals surface area (Å²) in [5, 5.41) is 0. The van der Waals surface area contributed by atoms with Crippen LogP contribution in [0.3, 0.4) is 0 Å². The Kier molecular flexibility index (Phi) is 29.6. The molecule has 32 heavy (non-hydrogen) atoms. The largest absolute Gasteiger partial charge is 1.00 e. The van der Waals surface area contributed by atoms with Crippen molar-refractivity contribution in [3.05, 3.63) is 0 Å². The number of hydrogen-bond donors (Lipinski definition) is 0. The quantitative estimate of drug-likeness (QED) is 0.0902. The molecule has 196 valence electrons. The lowest BCUT2D eigenvalue weighted by Crippen LogP contribution is -3.00. The van der Waals surface area contributed by atoms with E-state index in [9.17, 15) is 0 Å². The lowest BCUT2D eigenvalue weighted by molar-refractivity contribution is -0.870. The van der Waals surface area contributed by atoms with Crippen molar-refractivity contribution in [2.45, 2.75) is 167 Å². The average molecular weight is 474 g/mol. The second-order valence-electron chi connectivity index (χ2n) is 11.5. The van der Waals surface area contributed by atoms with Crippen LogP contribution in [0.1, 0.15) is 167 Å². The van der Waals surface area contributed by atoms with E-state index in [1.807, 2.05) is 0 Å². The van der Waals surface area contributed by atoms with Gasteiger partial charge in [-0.1, -0.05) is 155 Å². The molecule has 0 bridgehead atoms. The van der Waals surface area contributed by atoms with Crippen LogP contribution >= 0.6 is 0 Å². The summed E-state index contributed by atoms with van der Waals surface area (Å²) in [4.78, 5) is 0. The van der Waals surface area contributed by atoms with Crippen LogP contribution in [0.5, 0.6) is 0 Å². The molecule has 0 fully saturated rings. The molecule has 0 saturated carbocycles. The van der Waals surface area contributed by atoms with Crippen LogP contribution in [-0.2, 0) is 0 Å². The van der Waals surface area contributed by atoms with Crippen molar-refractivity contribution in [2.75, 3.05) is 27.7 Å². The van der Waals surface area contributed by atoms with Crippen molar-refractivity contribution in [2.24, 2.45) is 0 Å². The Hall–Kier alpha value is 0.250. The van der Waals surface area contributed by atoms with E-state index >= 15 is 0 Å². The van der Waals surface area contributed by atoms with E-state index in [1.54, 1.807) is 0 Å². The van der Waals surface area contributed by atoms with E-state index in [-0.39, 0.29) is 12.4 Å². The molecule has 0 unspecified atom stereocenters. The molecule has 0 aliphatic rings. The summed E-state index contributed by atoms with van der Waals surface area (Å²) in [7, 11) is 6.91. The van der Waals surface area contributed by atoms with Crippen LogP contribution in [0, 0.1) is 0 Å². The fourth-order valence-corrected chi connectivity index (χ4v) is 4.73. The molecule has 0 aromatic heterocycles. The highest BCUT2D eigenvalue weighted by molar-refractivity contribution is 4.51. The van der Waals surface area contributed by atoms with Crippen LogP contribution in [-0.4, -0.2) is 32.2 Å². The molecule has 0 aliphatic carbocycles. The van der Waals surface area contributed by atoms with Crippen molar-refractivity contribution < 1.29 is 16.9 Å². The molecule has 0 heterocycles. The molecule has 0 amide bonds. The van der Waals surface area contributed by atoms with E-state index in [4.69, 9.17) is 0 Å². The number of quaternary nitrogens is 1. The highest BCUT2D eigenvalue weighted by atomic mass is 35.5. The van der Waals surface area contributed by atoms with Crippen molar-refractivity contribution in [3.63, 3.8) is 0 Å². The van der Waals surface area contributed by atoms with E-state index in [1.165, 1.54) is 167 Å². The summed E-state index contributed by atoms with van der Waals surface area (Å²) in [6.07, 6.45) is 36.8. The molecule has 0 atom stereocenters. The highest BCUT2D eigenvalue weighted by Gasteiger charge is 2.05. The first-order chi connectivity index (χ1) is 15.1. The van der Waals surface area contributed by atoms with E-state index in [0.29, 0.717) is 0 Å². The SMILES string of the molecule is CCCCCCCCCCCCCCCCCCCCCCCCCCC[N+](C)(C)C.[Cl-]. The molecule has 0 aromatic rings. The number of halogens is 1. The molecule has 2 heteroatoms. The third-order valence-corrected chi connectivity index (χ3v) is 6.93. The van der Waals surface area contributed by atoms with Gasteiger partial charge in [0, 0.05) is 0 Å². The Morgan fingerprint density at radius 2 is 0.500 bits per heavy atom. The molecule has 1 nitrogen and oxygen atoms in total. The molecule has 0 spiro atoms. The van der Waals surface area contributed by atoms with Gasteiger partial charge in [0.25, 0.3) is 0 Å². The molecular formula is C30H64ClN. The molecule has 0 N–H and O–H groups in total. The van der Waals surface area contributed by atoms with Gasteiger partial charge in [-0.25, -0.2) is 0 Å². The van der Waals surface area contributed by atoms with Gasteiger partial charge in [0.15, 0.2) is 0 Å². The van der Waals surface area contributed by atoms with Gasteiger partial charge in [-0.2, -0.15) is 0 Å². The van der Waals surface area contributed by atoms with Crippen molar-refractivity contribution in [1.29, 1.82) is 0 Å². The first kappa shape index (κ1) is 34.4. The van der Waals surface area contributed by atoms with Crippen LogP contribution in [0.15, 0.2) is 0 Å². The predicted molar refractivity (Wildman–Crippen MR) is 144 cm³/mol. The van der Waals surface area contributed by atoms with Crippen molar-refractivity contribution >= 4 is 0 Å². The molecule has 0 saturated heterocycles. The summed E-state index contributed by atoms with van der Waals surface area (Å²) in [6, 6.07) is 0. The Morgan fingerprint density at radius 3 is 0.688 bits per heavy atom. The van der Waals surface area contributed by atoms with E-state index < -0.39 is 0 Å². The molecule has 0 rings (SSSR count). The number of nitrogens with zero attached hydrogens (tertiary/aromatic N) is 1. The van der Waals surface area contributed by atoms with Gasteiger partial charge < -0.3 is 16.9 Å². The summed E-state index contributed by atoms with van der Waals surface area (Å²) in [5.74, 6) is 0. The van der Waals surface area contributed by atoms with Crippen LogP contribution in [0.25, 0.3) is 0 Å². The zero-order valence-electron chi connectivity index (χ0n) is 23.2. The molecule has 0 radical (unpaired) electrons. The van der Waals surface area contributed by atoms with Crippen molar-refractivity contribution in [1.82, 2.24) is 0 Å². The van der Waals surface area contributed by atoms with Gasteiger partial charge in [-0.15, -0.1) is 0 Å². The Labute approximate surface area is 211 Å². The summed E-state index contributed by atoms with van der Waals surface area (Å²) < 4.78 is 1.12.